The summed E-state index contributed by atoms with van der Waals surface area (Å²) in [6.45, 7) is -0.529. The Kier molecular flexibility index (Phi) is 5.53. The number of ether oxygens (including phenoxy) is 1. The van der Waals surface area contributed by atoms with Gasteiger partial charge in [0.05, 0.1) is 11.3 Å². The lowest BCUT2D eigenvalue weighted by molar-refractivity contribution is -0.125. The molecular formula is C18H15N5O4. The Balaban J connectivity index is 1.46. The number of carbonyl (C=O) groups excluding carboxylic acids is 3. The fourth-order valence-electron chi connectivity index (χ4n) is 2.13. The summed E-state index contributed by atoms with van der Waals surface area (Å²) in [5, 5.41) is 3.98. The summed E-state index contributed by atoms with van der Waals surface area (Å²) in [6, 6.07) is 14.8. The Morgan fingerprint density at radius 3 is 2.33 bits per heavy atom. The highest BCUT2D eigenvalue weighted by Gasteiger charge is 2.12. The molecule has 0 spiro atoms. The molecular weight excluding hydrogens is 350 g/mol. The van der Waals surface area contributed by atoms with Crippen molar-refractivity contribution in [3.63, 3.8) is 0 Å². The van der Waals surface area contributed by atoms with Gasteiger partial charge in [-0.2, -0.15) is 5.10 Å². The highest BCUT2D eigenvalue weighted by molar-refractivity contribution is 5.96. The van der Waals surface area contributed by atoms with Gasteiger partial charge in [0.1, 0.15) is 12.7 Å². The third-order valence-corrected chi connectivity index (χ3v) is 3.47. The van der Waals surface area contributed by atoms with Gasteiger partial charge in [-0.1, -0.05) is 18.2 Å². The molecule has 0 saturated heterocycles. The summed E-state index contributed by atoms with van der Waals surface area (Å²) >= 11 is 0. The van der Waals surface area contributed by atoms with E-state index in [2.05, 4.69) is 20.9 Å². The van der Waals surface area contributed by atoms with Crippen LogP contribution in [0.25, 0.3) is 5.69 Å². The first-order valence-corrected chi connectivity index (χ1v) is 7.90. The van der Waals surface area contributed by atoms with Gasteiger partial charge < -0.3 is 4.74 Å². The van der Waals surface area contributed by atoms with Gasteiger partial charge in [-0.25, -0.2) is 14.5 Å². The average Bonchev–Trinajstić information content (AvgIpc) is 3.26. The first-order valence-electron chi connectivity index (χ1n) is 7.90. The molecule has 2 amide bonds. The van der Waals surface area contributed by atoms with E-state index in [0.29, 0.717) is 5.56 Å². The van der Waals surface area contributed by atoms with Crippen LogP contribution in [0.15, 0.2) is 67.3 Å². The van der Waals surface area contributed by atoms with E-state index in [9.17, 15) is 14.4 Å². The molecule has 0 unspecified atom stereocenters. The number of amides is 2. The van der Waals surface area contributed by atoms with Crippen molar-refractivity contribution in [1.82, 2.24) is 25.6 Å². The largest absolute Gasteiger partial charge is 0.452 e. The maximum Gasteiger partial charge on any atom is 0.338 e. The average molecular weight is 365 g/mol. The van der Waals surface area contributed by atoms with Crippen molar-refractivity contribution in [1.29, 1.82) is 0 Å². The van der Waals surface area contributed by atoms with Crippen LogP contribution in [0.1, 0.15) is 20.7 Å². The Labute approximate surface area is 154 Å². The second-order valence-corrected chi connectivity index (χ2v) is 5.33. The fourth-order valence-corrected chi connectivity index (χ4v) is 2.13. The molecule has 0 fully saturated rings. The summed E-state index contributed by atoms with van der Waals surface area (Å²) in [5.41, 5.74) is 5.82. The van der Waals surface area contributed by atoms with Crippen LogP contribution in [0.3, 0.4) is 0 Å². The molecule has 0 bridgehead atoms. The van der Waals surface area contributed by atoms with Gasteiger partial charge in [-0.3, -0.25) is 20.4 Å². The van der Waals surface area contributed by atoms with Crippen molar-refractivity contribution >= 4 is 17.8 Å². The second kappa shape index (κ2) is 8.39. The standard InChI is InChI=1S/C18H15N5O4/c24-16(21-22-17(25)13-4-2-1-3-5-13)10-27-18(26)14-6-8-15(9-7-14)23-12-19-11-20-23/h1-9,11-12H,10H2,(H,21,24)(H,22,25). The second-order valence-electron chi connectivity index (χ2n) is 5.33. The van der Waals surface area contributed by atoms with Crippen LogP contribution in [0.4, 0.5) is 0 Å². The number of hydrogen-bond acceptors (Lipinski definition) is 6. The smallest absolute Gasteiger partial charge is 0.338 e. The van der Waals surface area contributed by atoms with E-state index in [1.165, 1.54) is 17.3 Å². The molecule has 3 aromatic rings. The zero-order chi connectivity index (χ0) is 19.1. The lowest BCUT2D eigenvalue weighted by Gasteiger charge is -2.08. The molecule has 9 nitrogen and oxygen atoms in total. The van der Waals surface area contributed by atoms with Crippen LogP contribution in [-0.4, -0.2) is 39.2 Å². The van der Waals surface area contributed by atoms with E-state index < -0.39 is 24.4 Å². The van der Waals surface area contributed by atoms with Crippen molar-refractivity contribution in [3.8, 4) is 5.69 Å². The first-order chi connectivity index (χ1) is 13.1. The molecule has 0 aliphatic heterocycles. The molecule has 1 heterocycles. The van der Waals surface area contributed by atoms with Crippen molar-refractivity contribution in [2.24, 2.45) is 0 Å². The van der Waals surface area contributed by atoms with Crippen LogP contribution in [0, 0.1) is 0 Å². The topological polar surface area (TPSA) is 115 Å². The SMILES string of the molecule is O=C(COC(=O)c1ccc(-n2cncn2)cc1)NNC(=O)c1ccccc1. The highest BCUT2D eigenvalue weighted by atomic mass is 16.5. The van der Waals surface area contributed by atoms with Crippen molar-refractivity contribution in [2.75, 3.05) is 6.61 Å². The highest BCUT2D eigenvalue weighted by Crippen LogP contribution is 2.09. The molecule has 0 radical (unpaired) electrons. The number of carbonyl (C=O) groups is 3. The van der Waals surface area contributed by atoms with Crippen molar-refractivity contribution in [2.45, 2.75) is 0 Å². The van der Waals surface area contributed by atoms with Crippen LogP contribution in [0.5, 0.6) is 0 Å². The zero-order valence-electron chi connectivity index (χ0n) is 14.0. The maximum atomic E-state index is 12.0. The van der Waals surface area contributed by atoms with Gasteiger partial charge in [0.2, 0.25) is 0 Å². The Hall–Kier alpha value is -4.01. The normalized spacial score (nSPS) is 10.1. The molecule has 3 rings (SSSR count). The summed E-state index contributed by atoms with van der Waals surface area (Å²) < 4.78 is 6.46. The number of benzene rings is 2. The van der Waals surface area contributed by atoms with Gasteiger partial charge in [0.15, 0.2) is 6.61 Å². The molecule has 0 saturated carbocycles. The molecule has 1 aromatic heterocycles. The Morgan fingerprint density at radius 1 is 0.926 bits per heavy atom. The van der Waals surface area contributed by atoms with Crippen LogP contribution < -0.4 is 10.9 Å². The molecule has 0 atom stereocenters. The number of nitrogens with zero attached hydrogens (tertiary/aromatic N) is 3. The van der Waals surface area contributed by atoms with Crippen LogP contribution in [-0.2, 0) is 9.53 Å². The Morgan fingerprint density at radius 2 is 1.67 bits per heavy atom. The van der Waals surface area contributed by atoms with E-state index >= 15 is 0 Å². The number of esters is 1. The minimum Gasteiger partial charge on any atom is -0.452 e. The predicted molar refractivity (Wildman–Crippen MR) is 93.7 cm³/mol. The number of aromatic nitrogens is 3. The van der Waals surface area contributed by atoms with E-state index in [4.69, 9.17) is 4.74 Å². The van der Waals surface area contributed by atoms with Gasteiger partial charge in [-0.05, 0) is 36.4 Å². The molecule has 2 aromatic carbocycles. The lowest BCUT2D eigenvalue weighted by atomic mass is 10.2. The quantitative estimate of drug-likeness (QED) is 0.512. The maximum absolute atomic E-state index is 12.0. The van der Waals surface area contributed by atoms with Crippen LogP contribution >= 0.6 is 0 Å². The molecule has 2 N–H and O–H groups in total. The Bertz CT molecular complexity index is 924. The lowest BCUT2D eigenvalue weighted by Crippen LogP contribution is -2.43. The number of hydrogen-bond donors (Lipinski definition) is 2. The van der Waals surface area contributed by atoms with Crippen molar-refractivity contribution in [3.05, 3.63) is 78.4 Å². The van der Waals surface area contributed by atoms with E-state index in [-0.39, 0.29) is 5.56 Å². The molecule has 0 aliphatic carbocycles. The molecule has 0 aliphatic rings. The number of hydrazine groups is 1. The number of nitrogens with one attached hydrogen (secondary N) is 2. The monoisotopic (exact) mass is 365 g/mol. The van der Waals surface area contributed by atoms with E-state index in [1.54, 1.807) is 54.6 Å². The van der Waals surface area contributed by atoms with Gasteiger partial charge in [0, 0.05) is 5.56 Å². The summed E-state index contributed by atoms with van der Waals surface area (Å²) in [7, 11) is 0. The predicted octanol–water partition coefficient (Wildman–Crippen LogP) is 0.885. The minimum atomic E-state index is -0.662. The third kappa shape index (κ3) is 4.75. The van der Waals surface area contributed by atoms with Gasteiger partial charge in [-0.15, -0.1) is 0 Å². The summed E-state index contributed by atoms with van der Waals surface area (Å²) in [6.07, 6.45) is 2.93. The number of rotatable bonds is 5. The minimum absolute atomic E-state index is 0.278. The summed E-state index contributed by atoms with van der Waals surface area (Å²) in [4.78, 5) is 39.3. The van der Waals surface area contributed by atoms with Crippen molar-refractivity contribution < 1.29 is 19.1 Å². The van der Waals surface area contributed by atoms with E-state index in [0.717, 1.165) is 5.69 Å². The third-order valence-electron chi connectivity index (χ3n) is 3.47. The fraction of sp³-hybridized carbons (Fsp3) is 0.0556. The van der Waals surface area contributed by atoms with Crippen LogP contribution in [0.2, 0.25) is 0 Å². The van der Waals surface area contributed by atoms with Gasteiger partial charge in [0.25, 0.3) is 11.8 Å². The van der Waals surface area contributed by atoms with E-state index in [1.807, 2.05) is 0 Å². The summed E-state index contributed by atoms with van der Waals surface area (Å²) in [5.74, 6) is -1.80. The van der Waals surface area contributed by atoms with Gasteiger partial charge >= 0.3 is 5.97 Å². The molecule has 27 heavy (non-hydrogen) atoms. The zero-order valence-corrected chi connectivity index (χ0v) is 14.0. The molecule has 9 heteroatoms. The first kappa shape index (κ1) is 17.8. The molecule has 136 valence electrons.